The molecule has 0 bridgehead atoms. The van der Waals surface area contributed by atoms with Crippen LogP contribution in [0.25, 0.3) is 16.7 Å². The number of isothiocyanates is 1. The molecule has 0 aromatic heterocycles. The van der Waals surface area contributed by atoms with Crippen molar-refractivity contribution in [3.8, 4) is 23.0 Å². The zero-order valence-corrected chi connectivity index (χ0v) is 16.9. The zero-order valence-electron chi connectivity index (χ0n) is 16.1. The molecule has 0 unspecified atom stereocenters. The first-order chi connectivity index (χ1) is 14.6. The maximum absolute atomic E-state index is 14.3. The molecule has 1 aliphatic carbocycles. The second kappa shape index (κ2) is 8.97. The Labute approximate surface area is 179 Å². The number of rotatable bonds is 3. The van der Waals surface area contributed by atoms with Crippen LogP contribution in [0, 0.1) is 23.5 Å². The Hall–Kier alpha value is -3.38. The Morgan fingerprint density at radius 2 is 1.37 bits per heavy atom. The Balaban J connectivity index is 1.53. The highest BCUT2D eigenvalue weighted by atomic mass is 32.1. The molecule has 0 aliphatic heterocycles. The van der Waals surface area contributed by atoms with Gasteiger partial charge in [0.2, 0.25) is 0 Å². The summed E-state index contributed by atoms with van der Waals surface area (Å²) < 4.78 is 28.7. The molecule has 4 heteroatoms. The van der Waals surface area contributed by atoms with E-state index in [1.54, 1.807) is 24.3 Å². The molecule has 1 nitrogen and oxygen atoms in total. The Morgan fingerprint density at radius 1 is 0.800 bits per heavy atom. The second-order valence-electron chi connectivity index (χ2n) is 7.01. The van der Waals surface area contributed by atoms with Gasteiger partial charge in [-0.25, -0.2) is 8.78 Å². The molecule has 0 N–H and O–H groups in total. The van der Waals surface area contributed by atoms with E-state index in [1.807, 2.05) is 12.1 Å². The third kappa shape index (κ3) is 4.44. The monoisotopic (exact) mass is 413 g/mol. The van der Waals surface area contributed by atoms with Crippen molar-refractivity contribution in [1.29, 1.82) is 0 Å². The van der Waals surface area contributed by atoms with Crippen LogP contribution in [0.5, 0.6) is 0 Å². The van der Waals surface area contributed by atoms with Crippen LogP contribution < -0.4 is 0 Å². The van der Waals surface area contributed by atoms with Gasteiger partial charge in [0, 0.05) is 23.3 Å². The minimum Gasteiger partial charge on any atom is -0.206 e. The molecule has 146 valence electrons. The van der Waals surface area contributed by atoms with E-state index < -0.39 is 11.6 Å². The van der Waals surface area contributed by atoms with Gasteiger partial charge >= 0.3 is 0 Å². The molecule has 1 aliphatic rings. The SMILES string of the molecule is Fc1cc(N=C=S)cc(F)c1-c1ccc(C#Cc2ccc(C3=CCCC3)cc2)cc1. The van der Waals surface area contributed by atoms with Crippen molar-refractivity contribution in [1.82, 2.24) is 0 Å². The molecule has 30 heavy (non-hydrogen) atoms. The second-order valence-corrected chi connectivity index (χ2v) is 7.20. The predicted octanol–water partition coefficient (Wildman–Crippen LogP) is 7.33. The van der Waals surface area contributed by atoms with E-state index in [1.165, 1.54) is 17.6 Å². The fraction of sp³-hybridized carbons (Fsp3) is 0.115. The number of allylic oxidation sites excluding steroid dienone is 2. The van der Waals surface area contributed by atoms with Crippen LogP contribution in [0.3, 0.4) is 0 Å². The quantitative estimate of drug-likeness (QED) is 0.249. The van der Waals surface area contributed by atoms with Crippen molar-refractivity contribution in [3.05, 3.63) is 95.1 Å². The minimum atomic E-state index is -0.699. The maximum Gasteiger partial charge on any atom is 0.136 e. The maximum atomic E-state index is 14.3. The summed E-state index contributed by atoms with van der Waals surface area (Å²) in [5, 5.41) is 2.11. The first-order valence-electron chi connectivity index (χ1n) is 9.63. The lowest BCUT2D eigenvalue weighted by atomic mass is 10.0. The average Bonchev–Trinajstić information content (AvgIpc) is 3.28. The fourth-order valence-corrected chi connectivity index (χ4v) is 3.62. The van der Waals surface area contributed by atoms with Gasteiger partial charge in [0.1, 0.15) is 11.6 Å². The van der Waals surface area contributed by atoms with Crippen LogP contribution in [-0.2, 0) is 0 Å². The van der Waals surface area contributed by atoms with Gasteiger partial charge in [-0.2, -0.15) is 4.99 Å². The number of hydrogen-bond acceptors (Lipinski definition) is 2. The number of aliphatic imine (C=N–C) groups is 1. The van der Waals surface area contributed by atoms with Crippen LogP contribution in [0.4, 0.5) is 14.5 Å². The average molecular weight is 413 g/mol. The molecule has 0 atom stereocenters. The predicted molar refractivity (Wildman–Crippen MR) is 121 cm³/mol. The van der Waals surface area contributed by atoms with Crippen molar-refractivity contribution in [2.45, 2.75) is 19.3 Å². The highest BCUT2D eigenvalue weighted by Crippen LogP contribution is 2.30. The van der Waals surface area contributed by atoms with Crippen molar-refractivity contribution in [2.24, 2.45) is 4.99 Å². The van der Waals surface area contributed by atoms with E-state index in [4.69, 9.17) is 0 Å². The lowest BCUT2D eigenvalue weighted by molar-refractivity contribution is 0.590. The first kappa shape index (κ1) is 19.9. The fourth-order valence-electron chi connectivity index (χ4n) is 3.52. The Bertz CT molecular complexity index is 1200. The van der Waals surface area contributed by atoms with Crippen LogP contribution in [0.2, 0.25) is 0 Å². The summed E-state index contributed by atoms with van der Waals surface area (Å²) in [5.74, 6) is 4.83. The Kier molecular flexibility index (Phi) is 5.95. The molecular formula is C26H17F2NS. The summed E-state index contributed by atoms with van der Waals surface area (Å²) in [6.45, 7) is 0. The molecule has 0 radical (unpaired) electrons. The first-order valence-corrected chi connectivity index (χ1v) is 10.0. The summed E-state index contributed by atoms with van der Waals surface area (Å²) in [6.07, 6.45) is 5.82. The van der Waals surface area contributed by atoms with Crippen molar-refractivity contribution >= 4 is 28.6 Å². The molecule has 4 rings (SSSR count). The van der Waals surface area contributed by atoms with Gasteiger partial charge in [0.25, 0.3) is 0 Å². The molecule has 0 amide bonds. The van der Waals surface area contributed by atoms with Crippen LogP contribution in [0.15, 0.2) is 71.7 Å². The number of benzene rings is 3. The van der Waals surface area contributed by atoms with Gasteiger partial charge < -0.3 is 0 Å². The lowest BCUT2D eigenvalue weighted by Crippen LogP contribution is -1.90. The number of halogens is 2. The van der Waals surface area contributed by atoms with E-state index in [-0.39, 0.29) is 11.3 Å². The van der Waals surface area contributed by atoms with Crippen molar-refractivity contribution < 1.29 is 8.78 Å². The summed E-state index contributed by atoms with van der Waals surface area (Å²) in [7, 11) is 0. The number of thiocarbonyl (C=S) groups is 1. The van der Waals surface area contributed by atoms with E-state index in [2.05, 4.69) is 52.4 Å². The highest BCUT2D eigenvalue weighted by Gasteiger charge is 2.13. The smallest absolute Gasteiger partial charge is 0.136 e. The van der Waals surface area contributed by atoms with Gasteiger partial charge in [-0.15, -0.1) is 0 Å². The molecule has 0 saturated heterocycles. The normalized spacial score (nSPS) is 12.5. The molecule has 0 saturated carbocycles. The molecule has 3 aromatic rings. The van der Waals surface area contributed by atoms with Gasteiger partial charge in [-0.05, 0) is 72.4 Å². The van der Waals surface area contributed by atoms with E-state index in [0.29, 0.717) is 5.56 Å². The van der Waals surface area contributed by atoms with Crippen LogP contribution >= 0.6 is 12.2 Å². The van der Waals surface area contributed by atoms with Crippen molar-refractivity contribution in [2.75, 3.05) is 0 Å². The van der Waals surface area contributed by atoms with Gasteiger partial charge in [-0.3, -0.25) is 0 Å². The topological polar surface area (TPSA) is 12.4 Å². The number of nitrogens with zero attached hydrogens (tertiary/aromatic N) is 1. The summed E-state index contributed by atoms with van der Waals surface area (Å²) in [5.41, 5.74) is 4.79. The summed E-state index contributed by atoms with van der Waals surface area (Å²) in [6, 6.07) is 17.3. The van der Waals surface area contributed by atoms with Gasteiger partial charge in [0.05, 0.1) is 16.4 Å². The van der Waals surface area contributed by atoms with E-state index in [0.717, 1.165) is 36.1 Å². The molecule has 0 spiro atoms. The minimum absolute atomic E-state index is 0.0986. The van der Waals surface area contributed by atoms with Gasteiger partial charge in [-0.1, -0.05) is 42.2 Å². The molecule has 3 aromatic carbocycles. The molecule has 0 fully saturated rings. The number of hydrogen-bond donors (Lipinski definition) is 0. The third-order valence-electron chi connectivity index (χ3n) is 5.02. The third-order valence-corrected chi connectivity index (χ3v) is 5.11. The summed E-state index contributed by atoms with van der Waals surface area (Å²) in [4.78, 5) is 3.62. The molecular weight excluding hydrogens is 396 g/mol. The Morgan fingerprint density at radius 3 is 1.87 bits per heavy atom. The zero-order chi connectivity index (χ0) is 20.9. The lowest BCUT2D eigenvalue weighted by Gasteiger charge is -2.06. The summed E-state index contributed by atoms with van der Waals surface area (Å²) >= 11 is 4.48. The van der Waals surface area contributed by atoms with E-state index in [9.17, 15) is 8.78 Å². The highest BCUT2D eigenvalue weighted by molar-refractivity contribution is 7.78. The van der Waals surface area contributed by atoms with Crippen LogP contribution in [-0.4, -0.2) is 5.16 Å². The molecule has 0 heterocycles. The van der Waals surface area contributed by atoms with Crippen LogP contribution in [0.1, 0.15) is 36.0 Å². The largest absolute Gasteiger partial charge is 0.206 e. The van der Waals surface area contributed by atoms with Crippen molar-refractivity contribution in [3.63, 3.8) is 0 Å². The standard InChI is InChI=1S/C26H17F2NS/c27-24-15-23(29-17-30)16-25(28)26(24)22-13-9-19(10-14-22)6-5-18-7-11-21(12-8-18)20-3-1-2-4-20/h3,7-16H,1-2,4H2. The van der Waals surface area contributed by atoms with Gasteiger partial charge in [0.15, 0.2) is 0 Å². The van der Waals surface area contributed by atoms with E-state index >= 15 is 0 Å².